The van der Waals surface area contributed by atoms with E-state index in [1.807, 2.05) is 19.1 Å². The first-order valence-electron chi connectivity index (χ1n) is 8.34. The number of aliphatic carboxylic acids is 1. The SMILES string of the molecule is CC[C@H]1C(=O)C=C[C@H]1/C=C/[C@H](O)CCCCCCCC(=O)O. The molecule has 0 saturated carbocycles. The number of aliphatic hydroxyl groups is 1. The summed E-state index contributed by atoms with van der Waals surface area (Å²) in [7, 11) is 0. The molecule has 0 radical (unpaired) electrons. The first-order valence-corrected chi connectivity index (χ1v) is 8.34. The minimum absolute atomic E-state index is 0.0395. The summed E-state index contributed by atoms with van der Waals surface area (Å²) in [6, 6.07) is 0. The first kappa shape index (κ1) is 18.6. The summed E-state index contributed by atoms with van der Waals surface area (Å²) in [5, 5.41) is 18.5. The summed E-state index contributed by atoms with van der Waals surface area (Å²) in [6.45, 7) is 2.01. The van der Waals surface area contributed by atoms with Crippen LogP contribution in [0, 0.1) is 11.8 Å². The Kier molecular flexibility index (Phi) is 8.75. The molecule has 0 aromatic carbocycles. The maximum absolute atomic E-state index is 11.6. The largest absolute Gasteiger partial charge is 0.481 e. The minimum Gasteiger partial charge on any atom is -0.481 e. The molecule has 0 aromatic rings. The summed E-state index contributed by atoms with van der Waals surface area (Å²) >= 11 is 0. The predicted molar refractivity (Wildman–Crippen MR) is 86.5 cm³/mol. The topological polar surface area (TPSA) is 74.6 Å². The molecule has 4 heteroatoms. The van der Waals surface area contributed by atoms with Gasteiger partial charge in [0.1, 0.15) is 0 Å². The fraction of sp³-hybridized carbons (Fsp3) is 0.667. The zero-order valence-corrected chi connectivity index (χ0v) is 13.4. The Morgan fingerprint density at radius 3 is 2.64 bits per heavy atom. The van der Waals surface area contributed by atoms with Gasteiger partial charge >= 0.3 is 5.97 Å². The lowest BCUT2D eigenvalue weighted by Gasteiger charge is -2.13. The van der Waals surface area contributed by atoms with Gasteiger partial charge in [0, 0.05) is 18.3 Å². The fourth-order valence-corrected chi connectivity index (χ4v) is 2.84. The summed E-state index contributed by atoms with van der Waals surface area (Å²) in [5.74, 6) is -0.376. The molecule has 3 atom stereocenters. The van der Waals surface area contributed by atoms with E-state index < -0.39 is 12.1 Å². The molecule has 4 nitrogen and oxygen atoms in total. The number of carboxylic acids is 1. The van der Waals surface area contributed by atoms with Gasteiger partial charge in [-0.2, -0.15) is 0 Å². The van der Waals surface area contributed by atoms with Crippen molar-refractivity contribution in [3.63, 3.8) is 0 Å². The van der Waals surface area contributed by atoms with E-state index in [1.54, 1.807) is 12.2 Å². The van der Waals surface area contributed by atoms with Crippen LogP contribution in [0.4, 0.5) is 0 Å². The lowest BCUT2D eigenvalue weighted by molar-refractivity contribution is -0.137. The zero-order chi connectivity index (χ0) is 16.4. The maximum Gasteiger partial charge on any atom is 0.303 e. The third-order valence-electron chi connectivity index (χ3n) is 4.20. The van der Waals surface area contributed by atoms with Crippen LogP contribution in [0.5, 0.6) is 0 Å². The van der Waals surface area contributed by atoms with Crippen LogP contribution in [0.25, 0.3) is 0 Å². The quantitative estimate of drug-likeness (QED) is 0.452. The standard InChI is InChI=1S/C18H28O4/c1-2-16-14(11-13-17(16)20)10-12-15(19)8-6-4-3-5-7-9-18(21)22/h10-16,19H,2-9H2,1H3,(H,21,22)/b12-10+/t14-,15-,16-/m1/s1. The highest BCUT2D eigenvalue weighted by Gasteiger charge is 2.26. The Labute approximate surface area is 132 Å². The zero-order valence-electron chi connectivity index (χ0n) is 13.4. The molecular weight excluding hydrogens is 280 g/mol. The number of ketones is 1. The summed E-state index contributed by atoms with van der Waals surface area (Å²) in [6.07, 6.45) is 13.3. The highest BCUT2D eigenvalue weighted by molar-refractivity contribution is 5.94. The number of allylic oxidation sites excluding steroid dienone is 3. The van der Waals surface area contributed by atoms with E-state index >= 15 is 0 Å². The number of rotatable bonds is 11. The van der Waals surface area contributed by atoms with Crippen molar-refractivity contribution in [1.82, 2.24) is 0 Å². The third kappa shape index (κ3) is 7.03. The van der Waals surface area contributed by atoms with Crippen molar-refractivity contribution in [1.29, 1.82) is 0 Å². The summed E-state index contributed by atoms with van der Waals surface area (Å²) in [4.78, 5) is 21.9. The molecule has 0 unspecified atom stereocenters. The van der Waals surface area contributed by atoms with Gasteiger partial charge in [-0.25, -0.2) is 0 Å². The molecular formula is C18H28O4. The highest BCUT2D eigenvalue weighted by Crippen LogP contribution is 2.26. The molecule has 124 valence electrons. The van der Waals surface area contributed by atoms with E-state index in [9.17, 15) is 14.7 Å². The van der Waals surface area contributed by atoms with Gasteiger partial charge in [-0.3, -0.25) is 9.59 Å². The molecule has 0 aliphatic heterocycles. The van der Waals surface area contributed by atoms with Crippen LogP contribution in [0.15, 0.2) is 24.3 Å². The lowest BCUT2D eigenvalue weighted by atomic mass is 9.91. The molecule has 0 aromatic heterocycles. The normalized spacial score (nSPS) is 22.5. The van der Waals surface area contributed by atoms with Gasteiger partial charge in [-0.15, -0.1) is 0 Å². The highest BCUT2D eigenvalue weighted by atomic mass is 16.4. The Morgan fingerprint density at radius 2 is 1.95 bits per heavy atom. The molecule has 1 aliphatic carbocycles. The van der Waals surface area contributed by atoms with E-state index in [0.29, 0.717) is 0 Å². The Morgan fingerprint density at radius 1 is 1.27 bits per heavy atom. The van der Waals surface area contributed by atoms with Gasteiger partial charge in [0.15, 0.2) is 5.78 Å². The van der Waals surface area contributed by atoms with Crippen molar-refractivity contribution in [2.75, 3.05) is 0 Å². The van der Waals surface area contributed by atoms with Crippen LogP contribution >= 0.6 is 0 Å². The van der Waals surface area contributed by atoms with Crippen molar-refractivity contribution in [3.05, 3.63) is 24.3 Å². The van der Waals surface area contributed by atoms with Crippen LogP contribution in [-0.2, 0) is 9.59 Å². The molecule has 0 fully saturated rings. The van der Waals surface area contributed by atoms with Crippen molar-refractivity contribution >= 4 is 11.8 Å². The molecule has 0 spiro atoms. The second-order valence-corrected chi connectivity index (χ2v) is 6.01. The van der Waals surface area contributed by atoms with Crippen molar-refractivity contribution in [2.45, 2.75) is 64.4 Å². The molecule has 0 bridgehead atoms. The van der Waals surface area contributed by atoms with Gasteiger partial charge in [0.25, 0.3) is 0 Å². The van der Waals surface area contributed by atoms with Crippen LogP contribution in [0.1, 0.15) is 58.3 Å². The average Bonchev–Trinajstić information content (AvgIpc) is 2.83. The van der Waals surface area contributed by atoms with E-state index in [1.165, 1.54) is 0 Å². The number of carbonyl (C=O) groups is 2. The first-order chi connectivity index (χ1) is 10.5. The van der Waals surface area contributed by atoms with E-state index in [2.05, 4.69) is 0 Å². The van der Waals surface area contributed by atoms with E-state index in [0.717, 1.165) is 44.9 Å². The van der Waals surface area contributed by atoms with E-state index in [4.69, 9.17) is 5.11 Å². The lowest BCUT2D eigenvalue weighted by Crippen LogP contribution is -2.13. The average molecular weight is 308 g/mol. The minimum atomic E-state index is -0.731. The van der Waals surface area contributed by atoms with Crippen LogP contribution in [0.3, 0.4) is 0 Å². The number of carbonyl (C=O) groups excluding carboxylic acids is 1. The van der Waals surface area contributed by atoms with Gasteiger partial charge in [-0.05, 0) is 25.3 Å². The van der Waals surface area contributed by atoms with Crippen LogP contribution in [0.2, 0.25) is 0 Å². The monoisotopic (exact) mass is 308 g/mol. The van der Waals surface area contributed by atoms with Gasteiger partial charge < -0.3 is 10.2 Å². The number of hydrogen-bond donors (Lipinski definition) is 2. The molecule has 2 N–H and O–H groups in total. The molecule has 1 rings (SSSR count). The molecule has 0 amide bonds. The summed E-state index contributed by atoms with van der Waals surface area (Å²) < 4.78 is 0. The van der Waals surface area contributed by atoms with Crippen molar-refractivity contribution in [2.24, 2.45) is 11.8 Å². The Hall–Kier alpha value is -1.42. The van der Waals surface area contributed by atoms with Gasteiger partial charge in [-0.1, -0.05) is 50.8 Å². The second kappa shape index (κ2) is 10.3. The Balaban J connectivity index is 2.12. The maximum atomic E-state index is 11.6. The van der Waals surface area contributed by atoms with Crippen LogP contribution < -0.4 is 0 Å². The number of unbranched alkanes of at least 4 members (excludes halogenated alkanes) is 4. The molecule has 0 saturated heterocycles. The second-order valence-electron chi connectivity index (χ2n) is 6.01. The van der Waals surface area contributed by atoms with E-state index in [-0.39, 0.29) is 24.0 Å². The smallest absolute Gasteiger partial charge is 0.303 e. The van der Waals surface area contributed by atoms with Gasteiger partial charge in [0.2, 0.25) is 0 Å². The summed E-state index contributed by atoms with van der Waals surface area (Å²) in [5.41, 5.74) is 0. The van der Waals surface area contributed by atoms with Crippen molar-refractivity contribution in [3.8, 4) is 0 Å². The van der Waals surface area contributed by atoms with Gasteiger partial charge in [0.05, 0.1) is 6.10 Å². The number of aliphatic hydroxyl groups excluding tert-OH is 1. The molecule has 0 heterocycles. The van der Waals surface area contributed by atoms with Crippen LogP contribution in [-0.4, -0.2) is 28.1 Å². The van der Waals surface area contributed by atoms with Crippen molar-refractivity contribution < 1.29 is 19.8 Å². The molecule has 1 aliphatic rings. The number of carboxylic acid groups (broad SMARTS) is 1. The predicted octanol–water partition coefficient (Wildman–Crippen LogP) is 3.50. The molecule has 22 heavy (non-hydrogen) atoms. The Bertz CT molecular complexity index is 411. The fourth-order valence-electron chi connectivity index (χ4n) is 2.84. The number of hydrogen-bond acceptors (Lipinski definition) is 3. The third-order valence-corrected chi connectivity index (χ3v) is 4.20.